The molecule has 1 saturated carbocycles. The Bertz CT molecular complexity index is 1400. The van der Waals surface area contributed by atoms with Crippen molar-refractivity contribution in [2.45, 2.75) is 57.6 Å². The SMILES string of the molecule is Cc1nc2nc([C@H]3CCO[C@H](c4cnn(C5CC5)n4)C3)nc(-c3ccc(F)cc3F)c2nc1C. The second-order valence-electron chi connectivity index (χ2n) is 9.02. The number of nitrogens with zero attached hydrogens (tertiary/aromatic N) is 7. The van der Waals surface area contributed by atoms with E-state index in [9.17, 15) is 8.78 Å². The summed E-state index contributed by atoms with van der Waals surface area (Å²) in [6.45, 7) is 4.21. The molecule has 0 bridgehead atoms. The van der Waals surface area contributed by atoms with Crippen LogP contribution in [-0.2, 0) is 4.74 Å². The summed E-state index contributed by atoms with van der Waals surface area (Å²) in [6, 6.07) is 3.85. The average Bonchev–Trinajstić information content (AvgIpc) is 3.56. The minimum Gasteiger partial charge on any atom is -0.372 e. The molecule has 4 aromatic rings. The first-order valence-corrected chi connectivity index (χ1v) is 11.5. The first-order valence-electron chi connectivity index (χ1n) is 11.5. The minimum absolute atomic E-state index is 0.0418. The zero-order valence-electron chi connectivity index (χ0n) is 18.9. The first kappa shape index (κ1) is 21.2. The molecule has 1 aliphatic heterocycles. The van der Waals surface area contributed by atoms with Crippen LogP contribution in [0.3, 0.4) is 0 Å². The fraction of sp³-hybridized carbons (Fsp3) is 0.417. The summed E-state index contributed by atoms with van der Waals surface area (Å²) in [5.74, 6) is -0.844. The number of benzene rings is 1. The molecule has 1 aromatic carbocycles. The van der Waals surface area contributed by atoms with E-state index in [-0.39, 0.29) is 17.6 Å². The van der Waals surface area contributed by atoms with Crippen molar-refractivity contribution in [2.24, 2.45) is 0 Å². The Morgan fingerprint density at radius 1 is 1.00 bits per heavy atom. The number of ether oxygens (including phenoxy) is 1. The molecule has 3 aromatic heterocycles. The van der Waals surface area contributed by atoms with Gasteiger partial charge in [-0.1, -0.05) is 0 Å². The normalized spacial score (nSPS) is 20.7. The fourth-order valence-electron chi connectivity index (χ4n) is 4.34. The molecule has 4 heterocycles. The van der Waals surface area contributed by atoms with Gasteiger partial charge in [0, 0.05) is 24.2 Å². The maximum absolute atomic E-state index is 14.8. The van der Waals surface area contributed by atoms with Crippen LogP contribution in [-0.4, -0.2) is 41.5 Å². The van der Waals surface area contributed by atoms with E-state index in [2.05, 4.69) is 20.2 Å². The Kier molecular flexibility index (Phi) is 5.05. The number of rotatable bonds is 4. The van der Waals surface area contributed by atoms with Gasteiger partial charge < -0.3 is 4.74 Å². The third-order valence-corrected chi connectivity index (χ3v) is 6.52. The molecule has 0 spiro atoms. The summed E-state index contributed by atoms with van der Waals surface area (Å²) in [7, 11) is 0. The Morgan fingerprint density at radius 3 is 2.62 bits per heavy atom. The van der Waals surface area contributed by atoms with Crippen LogP contribution in [0.1, 0.15) is 66.7 Å². The second-order valence-corrected chi connectivity index (χ2v) is 9.02. The average molecular weight is 463 g/mol. The van der Waals surface area contributed by atoms with Crippen molar-refractivity contribution in [1.82, 2.24) is 34.9 Å². The number of hydrogen-bond acceptors (Lipinski definition) is 7. The van der Waals surface area contributed by atoms with Crippen molar-refractivity contribution in [3.8, 4) is 11.3 Å². The maximum atomic E-state index is 14.8. The molecule has 34 heavy (non-hydrogen) atoms. The van der Waals surface area contributed by atoms with E-state index in [1.54, 1.807) is 11.0 Å². The van der Waals surface area contributed by atoms with Gasteiger partial charge in [-0.3, -0.25) is 0 Å². The van der Waals surface area contributed by atoms with Gasteiger partial charge in [-0.2, -0.15) is 15.0 Å². The number of halogens is 2. The molecule has 0 amide bonds. The highest BCUT2D eigenvalue weighted by Gasteiger charge is 2.32. The van der Waals surface area contributed by atoms with Gasteiger partial charge in [0.05, 0.1) is 23.6 Å². The third kappa shape index (κ3) is 3.81. The van der Waals surface area contributed by atoms with E-state index in [0.29, 0.717) is 53.9 Å². The predicted octanol–water partition coefficient (Wildman–Crippen LogP) is 4.54. The smallest absolute Gasteiger partial charge is 0.182 e. The lowest BCUT2D eigenvalue weighted by atomic mass is 9.93. The van der Waals surface area contributed by atoms with Crippen LogP contribution >= 0.6 is 0 Å². The molecule has 1 saturated heterocycles. The van der Waals surface area contributed by atoms with Gasteiger partial charge in [0.25, 0.3) is 0 Å². The quantitative estimate of drug-likeness (QED) is 0.439. The van der Waals surface area contributed by atoms with E-state index in [1.807, 2.05) is 13.8 Å². The highest BCUT2D eigenvalue weighted by atomic mass is 19.1. The summed E-state index contributed by atoms with van der Waals surface area (Å²) in [5, 5.41) is 9.00. The Hall–Kier alpha value is -3.40. The molecular formula is C24H23F2N7O. The van der Waals surface area contributed by atoms with Gasteiger partial charge in [-0.25, -0.2) is 28.7 Å². The van der Waals surface area contributed by atoms with Gasteiger partial charge in [0.1, 0.15) is 40.5 Å². The van der Waals surface area contributed by atoms with E-state index in [4.69, 9.17) is 14.7 Å². The van der Waals surface area contributed by atoms with Crippen molar-refractivity contribution in [1.29, 1.82) is 0 Å². The summed E-state index contributed by atoms with van der Waals surface area (Å²) >= 11 is 0. The standard InChI is InChI=1S/C24H23F2N7O/c1-12-13(2)29-24-22(28-12)21(17-6-3-15(25)10-18(17)26)30-23(31-24)14-7-8-34-20(9-14)19-11-27-33(32-19)16-4-5-16/h3,6,10-11,14,16,20H,4-5,7-9H2,1-2H3/t14-,20-/m0/s1. The van der Waals surface area contributed by atoms with Crippen molar-refractivity contribution in [3.63, 3.8) is 0 Å². The fourth-order valence-corrected chi connectivity index (χ4v) is 4.34. The highest BCUT2D eigenvalue weighted by Crippen LogP contribution is 2.38. The van der Waals surface area contributed by atoms with Gasteiger partial charge in [-0.05, 0) is 51.7 Å². The lowest BCUT2D eigenvalue weighted by Crippen LogP contribution is -2.21. The molecule has 1 aliphatic carbocycles. The van der Waals surface area contributed by atoms with Crippen LogP contribution in [0.25, 0.3) is 22.4 Å². The lowest BCUT2D eigenvalue weighted by molar-refractivity contribution is 0.00113. The monoisotopic (exact) mass is 463 g/mol. The number of hydrogen-bond donors (Lipinski definition) is 0. The van der Waals surface area contributed by atoms with Gasteiger partial charge in [0.15, 0.2) is 5.65 Å². The summed E-state index contributed by atoms with van der Waals surface area (Å²) < 4.78 is 34.4. The van der Waals surface area contributed by atoms with Crippen LogP contribution in [0, 0.1) is 25.5 Å². The van der Waals surface area contributed by atoms with E-state index < -0.39 is 11.6 Å². The van der Waals surface area contributed by atoms with Gasteiger partial charge >= 0.3 is 0 Å². The molecule has 10 heteroatoms. The highest BCUT2D eigenvalue weighted by molar-refractivity contribution is 5.87. The molecular weight excluding hydrogens is 440 g/mol. The first-order chi connectivity index (χ1) is 16.5. The zero-order valence-corrected chi connectivity index (χ0v) is 18.9. The topological polar surface area (TPSA) is 91.5 Å². The minimum atomic E-state index is -0.701. The van der Waals surface area contributed by atoms with Crippen molar-refractivity contribution >= 4 is 11.2 Å². The predicted molar refractivity (Wildman–Crippen MR) is 119 cm³/mol. The van der Waals surface area contributed by atoms with Gasteiger partial charge in [0.2, 0.25) is 0 Å². The second kappa shape index (κ2) is 8.12. The Labute approximate surface area is 194 Å². The Balaban J connectivity index is 1.41. The third-order valence-electron chi connectivity index (χ3n) is 6.52. The largest absolute Gasteiger partial charge is 0.372 e. The molecule has 0 radical (unpaired) electrons. The van der Waals surface area contributed by atoms with Crippen LogP contribution in [0.4, 0.5) is 8.78 Å². The number of fused-ring (bicyclic) bond motifs is 1. The van der Waals surface area contributed by atoms with Crippen LogP contribution in [0.2, 0.25) is 0 Å². The molecule has 0 N–H and O–H groups in total. The number of aromatic nitrogens is 7. The summed E-state index contributed by atoms with van der Waals surface area (Å²) in [6.07, 6.45) is 5.10. The summed E-state index contributed by atoms with van der Waals surface area (Å²) in [4.78, 5) is 20.5. The van der Waals surface area contributed by atoms with Crippen molar-refractivity contribution in [3.05, 3.63) is 58.9 Å². The molecule has 2 fully saturated rings. The van der Waals surface area contributed by atoms with Crippen molar-refractivity contribution in [2.75, 3.05) is 6.61 Å². The lowest BCUT2D eigenvalue weighted by Gasteiger charge is -2.27. The van der Waals surface area contributed by atoms with E-state index in [0.717, 1.165) is 30.3 Å². The molecule has 2 aliphatic rings. The zero-order chi connectivity index (χ0) is 23.4. The number of aryl methyl sites for hydroxylation is 2. The molecule has 2 atom stereocenters. The van der Waals surface area contributed by atoms with Crippen molar-refractivity contribution < 1.29 is 13.5 Å². The molecule has 0 unspecified atom stereocenters. The maximum Gasteiger partial charge on any atom is 0.182 e. The molecule has 174 valence electrons. The molecule has 8 nitrogen and oxygen atoms in total. The van der Waals surface area contributed by atoms with Crippen LogP contribution in [0.15, 0.2) is 24.4 Å². The van der Waals surface area contributed by atoms with Crippen LogP contribution in [0.5, 0.6) is 0 Å². The summed E-state index contributed by atoms with van der Waals surface area (Å²) in [5.41, 5.74) is 3.53. The van der Waals surface area contributed by atoms with E-state index >= 15 is 0 Å². The van der Waals surface area contributed by atoms with Crippen LogP contribution < -0.4 is 0 Å². The van der Waals surface area contributed by atoms with E-state index in [1.165, 1.54) is 12.1 Å². The molecule has 6 rings (SSSR count). The van der Waals surface area contributed by atoms with Gasteiger partial charge in [-0.15, -0.1) is 0 Å². The Morgan fingerprint density at radius 2 is 1.82 bits per heavy atom.